The Bertz CT molecular complexity index is 1590. The maximum atomic E-state index is 13.8. The highest BCUT2D eigenvalue weighted by Crippen LogP contribution is 2.42. The van der Waals surface area contributed by atoms with Gasteiger partial charge in [-0.2, -0.15) is 0 Å². The summed E-state index contributed by atoms with van der Waals surface area (Å²) in [7, 11) is 1.63. The van der Waals surface area contributed by atoms with Crippen LogP contribution in [0.5, 0.6) is 11.5 Å². The largest absolute Gasteiger partial charge is 0.493 e. The number of carbonyl (C=O) groups is 2. The van der Waals surface area contributed by atoms with Gasteiger partial charge in [-0.25, -0.2) is 0 Å². The van der Waals surface area contributed by atoms with Gasteiger partial charge < -0.3 is 29.4 Å². The maximum Gasteiger partial charge on any atom is 0.253 e. The fraction of sp³-hybridized carbons (Fsp3) is 0.375. The highest BCUT2D eigenvalue weighted by Gasteiger charge is 2.37. The molecular formula is C32H35N3O5. The highest BCUT2D eigenvalue weighted by atomic mass is 16.5. The lowest BCUT2D eigenvalue weighted by Gasteiger charge is -2.24. The lowest BCUT2D eigenvalue weighted by Crippen LogP contribution is -2.39. The van der Waals surface area contributed by atoms with Crippen LogP contribution in [-0.2, 0) is 19.4 Å². The van der Waals surface area contributed by atoms with Crippen LogP contribution in [0, 0.1) is 5.92 Å². The van der Waals surface area contributed by atoms with E-state index in [1.807, 2.05) is 67.1 Å². The van der Waals surface area contributed by atoms with Gasteiger partial charge in [0, 0.05) is 40.8 Å². The van der Waals surface area contributed by atoms with Crippen molar-refractivity contribution in [3.8, 4) is 22.8 Å². The molecule has 0 saturated heterocycles. The molecule has 0 bridgehead atoms. The van der Waals surface area contributed by atoms with Crippen molar-refractivity contribution in [2.24, 2.45) is 5.92 Å². The summed E-state index contributed by atoms with van der Waals surface area (Å²) in [5, 5.41) is 14.3. The maximum absolute atomic E-state index is 13.8. The van der Waals surface area contributed by atoms with E-state index >= 15 is 0 Å². The van der Waals surface area contributed by atoms with E-state index in [4.69, 9.17) is 9.47 Å². The van der Waals surface area contributed by atoms with E-state index in [0.717, 1.165) is 46.1 Å². The molecule has 1 amide bonds. The molecule has 6 rings (SSSR count). The van der Waals surface area contributed by atoms with Crippen molar-refractivity contribution in [1.29, 1.82) is 0 Å². The van der Waals surface area contributed by atoms with Crippen molar-refractivity contribution in [3.05, 3.63) is 71.0 Å². The van der Waals surface area contributed by atoms with E-state index in [0.29, 0.717) is 42.1 Å². The number of rotatable bonds is 10. The fourth-order valence-corrected chi connectivity index (χ4v) is 5.76. The number of aromatic nitrogens is 2. The molecule has 208 valence electrons. The minimum atomic E-state index is -0.505. The van der Waals surface area contributed by atoms with Crippen LogP contribution >= 0.6 is 0 Å². The Morgan fingerprint density at radius 1 is 1.15 bits per heavy atom. The van der Waals surface area contributed by atoms with Gasteiger partial charge in [0.25, 0.3) is 5.91 Å². The van der Waals surface area contributed by atoms with Gasteiger partial charge in [-0.05, 0) is 74.9 Å². The Balaban J connectivity index is 1.36. The summed E-state index contributed by atoms with van der Waals surface area (Å²) in [4.78, 5) is 30.6. The second kappa shape index (κ2) is 10.5. The average Bonchev–Trinajstić information content (AvgIpc) is 3.61. The Kier molecular flexibility index (Phi) is 6.88. The molecule has 8 heteroatoms. The minimum Gasteiger partial charge on any atom is -0.493 e. The van der Waals surface area contributed by atoms with Gasteiger partial charge in [0.05, 0.1) is 37.1 Å². The van der Waals surface area contributed by atoms with E-state index in [2.05, 4.69) is 10.3 Å². The molecule has 40 heavy (non-hydrogen) atoms. The number of aromatic amines is 1. The van der Waals surface area contributed by atoms with Gasteiger partial charge in [-0.1, -0.05) is 18.2 Å². The number of fused-ring (bicyclic) bond motifs is 4. The molecule has 1 aliphatic carbocycles. The third-order valence-electron chi connectivity index (χ3n) is 7.85. The molecule has 0 spiro atoms. The standard InChI is InChI=1S/C32H35N3O5/c1-18(2)40-29-15-24-20(13-28(29)39-3)10-11-35-27(24)14-25(30(35)31(37)19-8-9-19)32(38)34-22(17-36)12-21-16-33-26-7-5-4-6-23(21)26/h4-7,13-16,18-19,22,33,36H,8-12,17H2,1-3H3,(H,34,38). The lowest BCUT2D eigenvalue weighted by atomic mass is 9.97. The summed E-state index contributed by atoms with van der Waals surface area (Å²) < 4.78 is 13.6. The summed E-state index contributed by atoms with van der Waals surface area (Å²) in [6.45, 7) is 4.30. The molecule has 2 aromatic carbocycles. The molecule has 1 unspecified atom stereocenters. The first-order valence-corrected chi connectivity index (χ1v) is 14.0. The number of amides is 1. The number of methoxy groups -OCH3 is 1. The first-order valence-electron chi connectivity index (χ1n) is 14.0. The van der Waals surface area contributed by atoms with Crippen molar-refractivity contribution in [2.45, 2.75) is 58.2 Å². The van der Waals surface area contributed by atoms with Crippen molar-refractivity contribution in [2.75, 3.05) is 13.7 Å². The summed E-state index contributed by atoms with van der Waals surface area (Å²) in [5.74, 6) is 0.930. The average molecular weight is 542 g/mol. The normalized spacial score (nSPS) is 15.0. The SMILES string of the molecule is COc1cc2c(cc1OC(C)C)-c1cc(C(=O)NC(CO)Cc3c[nH]c4ccccc34)c(C(=O)C3CC3)n1CC2. The Morgan fingerprint density at radius 3 is 2.67 bits per heavy atom. The number of aliphatic hydroxyl groups excluding tert-OH is 1. The number of aliphatic hydroxyl groups is 1. The van der Waals surface area contributed by atoms with Crippen molar-refractivity contribution in [3.63, 3.8) is 0 Å². The van der Waals surface area contributed by atoms with E-state index < -0.39 is 6.04 Å². The van der Waals surface area contributed by atoms with Crippen LogP contribution in [0.3, 0.4) is 0 Å². The number of carbonyl (C=O) groups excluding carboxylic acids is 2. The molecule has 3 heterocycles. The topological polar surface area (TPSA) is 106 Å². The van der Waals surface area contributed by atoms with Gasteiger partial charge >= 0.3 is 0 Å². The monoisotopic (exact) mass is 541 g/mol. The molecule has 1 saturated carbocycles. The van der Waals surface area contributed by atoms with Gasteiger partial charge in [-0.3, -0.25) is 9.59 Å². The summed E-state index contributed by atoms with van der Waals surface area (Å²) in [6.07, 6.45) is 4.75. The summed E-state index contributed by atoms with van der Waals surface area (Å²) in [5.41, 5.74) is 5.69. The predicted octanol–water partition coefficient (Wildman–Crippen LogP) is 4.91. The number of para-hydroxylation sites is 1. The lowest BCUT2D eigenvalue weighted by molar-refractivity contribution is 0.0897. The van der Waals surface area contributed by atoms with E-state index in [9.17, 15) is 14.7 Å². The summed E-state index contributed by atoms with van der Waals surface area (Å²) >= 11 is 0. The van der Waals surface area contributed by atoms with Gasteiger partial charge in [-0.15, -0.1) is 0 Å². The van der Waals surface area contributed by atoms with Gasteiger partial charge in [0.15, 0.2) is 17.3 Å². The van der Waals surface area contributed by atoms with Crippen LogP contribution in [0.15, 0.2) is 48.7 Å². The van der Waals surface area contributed by atoms with Crippen molar-refractivity contribution >= 4 is 22.6 Å². The Hall–Kier alpha value is -4.04. The van der Waals surface area contributed by atoms with E-state index in [1.54, 1.807) is 7.11 Å². The predicted molar refractivity (Wildman–Crippen MR) is 153 cm³/mol. The number of ether oxygens (including phenoxy) is 2. The third kappa shape index (κ3) is 4.77. The molecule has 1 atom stereocenters. The first kappa shape index (κ1) is 26.2. The van der Waals surface area contributed by atoms with Crippen LogP contribution in [0.2, 0.25) is 0 Å². The van der Waals surface area contributed by atoms with Crippen molar-refractivity contribution < 1.29 is 24.2 Å². The zero-order chi connectivity index (χ0) is 28.0. The molecule has 0 radical (unpaired) electrons. The highest BCUT2D eigenvalue weighted by molar-refractivity contribution is 6.10. The number of ketones is 1. The fourth-order valence-electron chi connectivity index (χ4n) is 5.76. The number of nitrogens with one attached hydrogen (secondary N) is 2. The smallest absolute Gasteiger partial charge is 0.253 e. The third-order valence-corrected chi connectivity index (χ3v) is 7.85. The van der Waals surface area contributed by atoms with Crippen LogP contribution in [0.1, 0.15) is 58.7 Å². The quantitative estimate of drug-likeness (QED) is 0.247. The zero-order valence-electron chi connectivity index (χ0n) is 23.1. The second-order valence-electron chi connectivity index (χ2n) is 11.1. The molecule has 1 aliphatic heterocycles. The molecule has 8 nitrogen and oxygen atoms in total. The van der Waals surface area contributed by atoms with Crippen molar-refractivity contribution in [1.82, 2.24) is 14.9 Å². The molecule has 4 aromatic rings. The molecule has 2 aromatic heterocycles. The van der Waals surface area contributed by atoms with E-state index in [-0.39, 0.29) is 30.3 Å². The van der Waals surface area contributed by atoms with Crippen LogP contribution in [0.25, 0.3) is 22.2 Å². The van der Waals surface area contributed by atoms with Gasteiger partial charge in [0.1, 0.15) is 0 Å². The molecular weight excluding hydrogens is 506 g/mol. The van der Waals surface area contributed by atoms with E-state index in [1.165, 1.54) is 0 Å². The number of hydrogen-bond donors (Lipinski definition) is 3. The second-order valence-corrected chi connectivity index (χ2v) is 11.1. The number of aryl methyl sites for hydroxylation is 1. The summed E-state index contributed by atoms with van der Waals surface area (Å²) in [6, 6.07) is 13.2. The molecule has 1 fully saturated rings. The first-order chi connectivity index (χ1) is 19.4. The van der Waals surface area contributed by atoms with Crippen LogP contribution in [0.4, 0.5) is 0 Å². The van der Waals surface area contributed by atoms with Crippen LogP contribution < -0.4 is 14.8 Å². The Morgan fingerprint density at radius 2 is 1.95 bits per heavy atom. The number of nitrogens with zero attached hydrogens (tertiary/aromatic N) is 1. The number of Topliss-reactive ketones (excluding diaryl/α,β-unsaturated/α-hetero) is 1. The number of H-pyrrole nitrogens is 1. The van der Waals surface area contributed by atoms with Gasteiger partial charge in [0.2, 0.25) is 0 Å². The minimum absolute atomic E-state index is 0.0178. The van der Waals surface area contributed by atoms with Crippen LogP contribution in [-0.4, -0.2) is 52.2 Å². The molecule has 3 N–H and O–H groups in total. The Labute approximate surface area is 233 Å². The number of hydrogen-bond acceptors (Lipinski definition) is 5. The molecule has 2 aliphatic rings. The zero-order valence-corrected chi connectivity index (χ0v) is 23.1. The number of benzene rings is 2.